The lowest BCUT2D eigenvalue weighted by atomic mass is 10.1. The van der Waals surface area contributed by atoms with Crippen molar-refractivity contribution < 1.29 is 0 Å². The average molecular weight is 264 g/mol. The molecule has 1 heterocycles. The minimum absolute atomic E-state index is 0.766. The van der Waals surface area contributed by atoms with Gasteiger partial charge in [-0.15, -0.1) is 10.2 Å². The standard InChI is InChI=1S/C16H16N4/c1-11-14(9-6-10-15(11)17)16-19-18-12(2)20(16)13-7-4-3-5-8-13/h3-10H,17H2,1-2H3. The third-order valence-electron chi connectivity index (χ3n) is 3.46. The zero-order valence-electron chi connectivity index (χ0n) is 11.5. The maximum atomic E-state index is 6.00. The lowest BCUT2D eigenvalue weighted by Crippen LogP contribution is -2.01. The Morgan fingerprint density at radius 1 is 0.900 bits per heavy atom. The van der Waals surface area contributed by atoms with E-state index in [9.17, 15) is 0 Å². The monoisotopic (exact) mass is 264 g/mol. The molecule has 4 nitrogen and oxygen atoms in total. The zero-order chi connectivity index (χ0) is 14.1. The summed E-state index contributed by atoms with van der Waals surface area (Å²) in [5.74, 6) is 1.67. The molecule has 0 aliphatic heterocycles. The van der Waals surface area contributed by atoms with Crippen LogP contribution in [0.15, 0.2) is 48.5 Å². The van der Waals surface area contributed by atoms with Gasteiger partial charge >= 0.3 is 0 Å². The van der Waals surface area contributed by atoms with Crippen molar-refractivity contribution in [1.29, 1.82) is 0 Å². The van der Waals surface area contributed by atoms with Crippen molar-refractivity contribution in [2.75, 3.05) is 5.73 Å². The van der Waals surface area contributed by atoms with E-state index in [1.807, 2.05) is 66.9 Å². The smallest absolute Gasteiger partial charge is 0.168 e. The number of aromatic nitrogens is 3. The second-order valence-corrected chi connectivity index (χ2v) is 4.76. The van der Waals surface area contributed by atoms with E-state index in [0.29, 0.717) is 0 Å². The van der Waals surface area contributed by atoms with Crippen molar-refractivity contribution in [2.45, 2.75) is 13.8 Å². The minimum atomic E-state index is 0.766. The highest BCUT2D eigenvalue weighted by molar-refractivity contribution is 5.69. The summed E-state index contributed by atoms with van der Waals surface area (Å²) < 4.78 is 2.04. The second kappa shape index (κ2) is 4.81. The molecule has 20 heavy (non-hydrogen) atoms. The van der Waals surface area contributed by atoms with Gasteiger partial charge in [-0.1, -0.05) is 30.3 Å². The van der Waals surface area contributed by atoms with Crippen LogP contribution in [0.5, 0.6) is 0 Å². The van der Waals surface area contributed by atoms with E-state index in [4.69, 9.17) is 5.73 Å². The van der Waals surface area contributed by atoms with Crippen LogP contribution in [-0.2, 0) is 0 Å². The minimum Gasteiger partial charge on any atom is -0.398 e. The van der Waals surface area contributed by atoms with Crippen LogP contribution in [-0.4, -0.2) is 14.8 Å². The second-order valence-electron chi connectivity index (χ2n) is 4.76. The fourth-order valence-electron chi connectivity index (χ4n) is 2.32. The fourth-order valence-corrected chi connectivity index (χ4v) is 2.32. The highest BCUT2D eigenvalue weighted by Crippen LogP contribution is 2.28. The van der Waals surface area contributed by atoms with Crippen LogP contribution < -0.4 is 5.73 Å². The molecule has 0 spiro atoms. The Morgan fingerprint density at radius 3 is 2.40 bits per heavy atom. The van der Waals surface area contributed by atoms with E-state index in [0.717, 1.165) is 34.2 Å². The lowest BCUT2D eigenvalue weighted by Gasteiger charge is -2.11. The van der Waals surface area contributed by atoms with Crippen molar-refractivity contribution in [3.05, 3.63) is 59.9 Å². The van der Waals surface area contributed by atoms with Gasteiger partial charge < -0.3 is 5.73 Å². The molecule has 0 radical (unpaired) electrons. The molecule has 0 fully saturated rings. The molecule has 0 bridgehead atoms. The van der Waals surface area contributed by atoms with Gasteiger partial charge in [0.2, 0.25) is 0 Å². The number of para-hydroxylation sites is 1. The molecule has 2 N–H and O–H groups in total. The van der Waals surface area contributed by atoms with E-state index in [-0.39, 0.29) is 0 Å². The third kappa shape index (κ3) is 1.95. The van der Waals surface area contributed by atoms with Gasteiger partial charge in [-0.25, -0.2) is 0 Å². The summed E-state index contributed by atoms with van der Waals surface area (Å²) in [7, 11) is 0. The Balaban J connectivity index is 2.24. The summed E-state index contributed by atoms with van der Waals surface area (Å²) in [6, 6.07) is 16.0. The molecular formula is C16H16N4. The van der Waals surface area contributed by atoms with Crippen LogP contribution in [0.2, 0.25) is 0 Å². The van der Waals surface area contributed by atoms with E-state index < -0.39 is 0 Å². The fraction of sp³-hybridized carbons (Fsp3) is 0.125. The van der Waals surface area contributed by atoms with Gasteiger partial charge in [0.15, 0.2) is 5.82 Å². The number of anilines is 1. The normalized spacial score (nSPS) is 10.7. The molecule has 0 aliphatic carbocycles. The van der Waals surface area contributed by atoms with Crippen molar-refractivity contribution >= 4 is 5.69 Å². The molecule has 0 saturated heterocycles. The Hall–Kier alpha value is -2.62. The van der Waals surface area contributed by atoms with E-state index in [2.05, 4.69) is 10.2 Å². The first-order valence-corrected chi connectivity index (χ1v) is 6.51. The van der Waals surface area contributed by atoms with Crippen molar-refractivity contribution in [1.82, 2.24) is 14.8 Å². The number of nitrogen functional groups attached to an aromatic ring is 1. The first kappa shape index (κ1) is 12.4. The Labute approximate surface area is 117 Å². The van der Waals surface area contributed by atoms with Crippen LogP contribution in [0.25, 0.3) is 17.1 Å². The maximum Gasteiger partial charge on any atom is 0.168 e. The quantitative estimate of drug-likeness (QED) is 0.723. The van der Waals surface area contributed by atoms with Gasteiger partial charge in [-0.3, -0.25) is 4.57 Å². The van der Waals surface area contributed by atoms with Crippen LogP contribution in [0.3, 0.4) is 0 Å². The predicted molar refractivity (Wildman–Crippen MR) is 80.7 cm³/mol. The van der Waals surface area contributed by atoms with Crippen molar-refractivity contribution in [3.8, 4) is 17.1 Å². The highest BCUT2D eigenvalue weighted by Gasteiger charge is 2.15. The molecule has 0 aliphatic rings. The molecule has 3 rings (SSSR count). The number of benzene rings is 2. The summed E-state index contributed by atoms with van der Waals surface area (Å²) >= 11 is 0. The van der Waals surface area contributed by atoms with Crippen LogP contribution in [0.1, 0.15) is 11.4 Å². The summed E-state index contributed by atoms with van der Waals surface area (Å²) in [6.07, 6.45) is 0. The molecule has 100 valence electrons. The Kier molecular flexibility index (Phi) is 2.99. The molecule has 0 saturated carbocycles. The van der Waals surface area contributed by atoms with Crippen LogP contribution in [0.4, 0.5) is 5.69 Å². The molecule has 0 atom stereocenters. The van der Waals surface area contributed by atoms with Crippen molar-refractivity contribution in [2.24, 2.45) is 0 Å². The molecule has 0 amide bonds. The van der Waals surface area contributed by atoms with E-state index in [1.54, 1.807) is 0 Å². The summed E-state index contributed by atoms with van der Waals surface area (Å²) in [5, 5.41) is 8.53. The summed E-state index contributed by atoms with van der Waals surface area (Å²) in [4.78, 5) is 0. The predicted octanol–water partition coefficient (Wildman–Crippen LogP) is 3.13. The molecular weight excluding hydrogens is 248 g/mol. The van der Waals surface area contributed by atoms with Gasteiger partial charge in [0.1, 0.15) is 5.82 Å². The van der Waals surface area contributed by atoms with Gasteiger partial charge in [-0.2, -0.15) is 0 Å². The zero-order valence-corrected chi connectivity index (χ0v) is 11.5. The Morgan fingerprint density at radius 2 is 1.65 bits per heavy atom. The number of aryl methyl sites for hydroxylation is 1. The number of nitrogens with two attached hydrogens (primary N) is 1. The van der Waals surface area contributed by atoms with Gasteiger partial charge in [0, 0.05) is 16.9 Å². The highest BCUT2D eigenvalue weighted by atomic mass is 15.3. The molecule has 0 unspecified atom stereocenters. The molecule has 3 aromatic rings. The van der Waals surface area contributed by atoms with Gasteiger partial charge in [0.05, 0.1) is 0 Å². The third-order valence-corrected chi connectivity index (χ3v) is 3.46. The van der Waals surface area contributed by atoms with Gasteiger partial charge in [-0.05, 0) is 37.6 Å². The molecule has 4 heteroatoms. The molecule has 2 aromatic carbocycles. The van der Waals surface area contributed by atoms with Crippen molar-refractivity contribution in [3.63, 3.8) is 0 Å². The van der Waals surface area contributed by atoms with E-state index in [1.165, 1.54) is 0 Å². The Bertz CT molecular complexity index is 744. The maximum absolute atomic E-state index is 6.00. The summed E-state index contributed by atoms with van der Waals surface area (Å²) in [6.45, 7) is 3.95. The van der Waals surface area contributed by atoms with E-state index >= 15 is 0 Å². The molecule has 1 aromatic heterocycles. The van der Waals surface area contributed by atoms with Gasteiger partial charge in [0.25, 0.3) is 0 Å². The first-order valence-electron chi connectivity index (χ1n) is 6.51. The average Bonchev–Trinajstić information content (AvgIpc) is 2.84. The largest absolute Gasteiger partial charge is 0.398 e. The number of hydrogen-bond acceptors (Lipinski definition) is 3. The SMILES string of the molecule is Cc1c(N)cccc1-c1nnc(C)n1-c1ccccc1. The topological polar surface area (TPSA) is 56.7 Å². The number of hydrogen-bond donors (Lipinski definition) is 1. The number of nitrogens with zero attached hydrogens (tertiary/aromatic N) is 3. The summed E-state index contributed by atoms with van der Waals surface area (Å²) in [5.41, 5.74) is 9.84. The number of rotatable bonds is 2. The first-order chi connectivity index (χ1) is 9.68. The van der Waals surface area contributed by atoms with Crippen LogP contribution in [0, 0.1) is 13.8 Å². The van der Waals surface area contributed by atoms with Crippen LogP contribution >= 0.6 is 0 Å². The lowest BCUT2D eigenvalue weighted by molar-refractivity contribution is 0.971.